The van der Waals surface area contributed by atoms with Crippen LogP contribution in [-0.4, -0.2) is 16.0 Å². The summed E-state index contributed by atoms with van der Waals surface area (Å²) in [6.45, 7) is 1.61. The van der Waals surface area contributed by atoms with E-state index in [4.69, 9.17) is 5.11 Å². The number of rotatable bonds is 3. The van der Waals surface area contributed by atoms with Gasteiger partial charge in [-0.3, -0.25) is 10.1 Å². The molecule has 0 saturated heterocycles. The zero-order valence-electron chi connectivity index (χ0n) is 7.86. The molecular weight excluding hydrogens is 266 g/mol. The lowest BCUT2D eigenvalue weighted by atomic mass is 10.0. The first-order chi connectivity index (χ1) is 6.99. The topological polar surface area (TPSA) is 80.4 Å². The van der Waals surface area contributed by atoms with Crippen LogP contribution in [0.4, 0.5) is 5.69 Å². The maximum atomic E-state index is 10.9. The van der Waals surface area contributed by atoms with Crippen LogP contribution in [0, 0.1) is 17.0 Å². The van der Waals surface area contributed by atoms with Crippen LogP contribution in [0.25, 0.3) is 0 Å². The highest BCUT2D eigenvalue weighted by Crippen LogP contribution is 2.27. The van der Waals surface area contributed by atoms with Gasteiger partial charge in [-0.1, -0.05) is 22.0 Å². The van der Waals surface area contributed by atoms with Gasteiger partial charge in [0.2, 0.25) is 0 Å². The Labute approximate surface area is 94.0 Å². The van der Waals surface area contributed by atoms with Crippen molar-refractivity contribution in [2.75, 3.05) is 0 Å². The second-order valence-corrected chi connectivity index (χ2v) is 3.51. The van der Waals surface area contributed by atoms with E-state index in [1.54, 1.807) is 6.92 Å². The van der Waals surface area contributed by atoms with Gasteiger partial charge in [0.15, 0.2) is 0 Å². The molecule has 80 valence electrons. The molecule has 0 unspecified atom stereocenters. The molecule has 0 fully saturated rings. The lowest BCUT2D eigenvalue weighted by Gasteiger charge is -2.06. The second-order valence-electron chi connectivity index (χ2n) is 2.95. The van der Waals surface area contributed by atoms with E-state index in [-0.39, 0.29) is 22.1 Å². The summed E-state index contributed by atoms with van der Waals surface area (Å²) in [6, 6.07) is 2.76. The highest BCUT2D eigenvalue weighted by Gasteiger charge is 2.22. The fourth-order valence-electron chi connectivity index (χ4n) is 1.36. The number of hydrogen-bond donors (Lipinski definition) is 1. The van der Waals surface area contributed by atoms with Crippen LogP contribution in [0.3, 0.4) is 0 Å². The van der Waals surface area contributed by atoms with Crippen molar-refractivity contribution >= 4 is 27.6 Å². The molecule has 0 aliphatic rings. The maximum absolute atomic E-state index is 10.9. The van der Waals surface area contributed by atoms with Crippen LogP contribution >= 0.6 is 15.9 Å². The third-order valence-electron chi connectivity index (χ3n) is 2.04. The molecule has 0 aliphatic heterocycles. The van der Waals surface area contributed by atoms with Crippen molar-refractivity contribution in [2.45, 2.75) is 12.3 Å². The van der Waals surface area contributed by atoms with Crippen LogP contribution in [0.5, 0.6) is 0 Å². The third-order valence-corrected chi connectivity index (χ3v) is 2.60. The van der Waals surface area contributed by atoms with Crippen molar-refractivity contribution in [3.8, 4) is 0 Å². The van der Waals surface area contributed by atoms with Gasteiger partial charge in [-0.25, -0.2) is 4.79 Å². The molecule has 0 bridgehead atoms. The number of alkyl halides is 1. The first-order valence-corrected chi connectivity index (χ1v) is 5.17. The van der Waals surface area contributed by atoms with Gasteiger partial charge in [0.05, 0.1) is 16.1 Å². The number of hydrogen-bond acceptors (Lipinski definition) is 3. The fraction of sp³-hybridized carbons (Fsp3) is 0.222. The summed E-state index contributed by atoms with van der Waals surface area (Å²) >= 11 is 3.06. The Kier molecular flexibility index (Phi) is 3.41. The van der Waals surface area contributed by atoms with Gasteiger partial charge in [0.25, 0.3) is 5.69 Å². The average Bonchev–Trinajstić information content (AvgIpc) is 2.15. The number of aromatic carboxylic acids is 1. The molecule has 0 radical (unpaired) electrons. The Morgan fingerprint density at radius 3 is 2.60 bits per heavy atom. The fourth-order valence-corrected chi connectivity index (χ4v) is 1.93. The SMILES string of the molecule is Cc1ccc([N+](=O)[O-])c(CBr)c1C(=O)O. The van der Waals surface area contributed by atoms with E-state index in [0.717, 1.165) is 0 Å². The first-order valence-electron chi connectivity index (χ1n) is 4.05. The van der Waals surface area contributed by atoms with Crippen LogP contribution < -0.4 is 0 Å². The van der Waals surface area contributed by atoms with Gasteiger partial charge in [-0.2, -0.15) is 0 Å². The van der Waals surface area contributed by atoms with E-state index in [9.17, 15) is 14.9 Å². The second kappa shape index (κ2) is 4.39. The van der Waals surface area contributed by atoms with Crippen molar-refractivity contribution in [3.63, 3.8) is 0 Å². The molecule has 0 amide bonds. The highest BCUT2D eigenvalue weighted by atomic mass is 79.9. The van der Waals surface area contributed by atoms with Crippen molar-refractivity contribution < 1.29 is 14.8 Å². The number of nitrogens with zero attached hydrogens (tertiary/aromatic N) is 1. The van der Waals surface area contributed by atoms with Gasteiger partial charge < -0.3 is 5.11 Å². The summed E-state index contributed by atoms with van der Waals surface area (Å²) in [7, 11) is 0. The molecule has 1 N–H and O–H groups in total. The molecule has 0 saturated carbocycles. The van der Waals surface area contributed by atoms with Crippen LogP contribution in [0.1, 0.15) is 21.5 Å². The number of aryl methyl sites for hydroxylation is 1. The quantitative estimate of drug-likeness (QED) is 0.521. The van der Waals surface area contributed by atoms with E-state index < -0.39 is 10.9 Å². The van der Waals surface area contributed by atoms with E-state index in [2.05, 4.69) is 15.9 Å². The summed E-state index contributed by atoms with van der Waals surface area (Å²) in [6.07, 6.45) is 0. The van der Waals surface area contributed by atoms with Crippen molar-refractivity contribution in [1.82, 2.24) is 0 Å². The molecule has 0 atom stereocenters. The zero-order chi connectivity index (χ0) is 11.6. The molecule has 0 aromatic heterocycles. The predicted octanol–water partition coefficient (Wildman–Crippen LogP) is 2.50. The Morgan fingerprint density at radius 2 is 2.20 bits per heavy atom. The molecule has 1 aromatic rings. The summed E-state index contributed by atoms with van der Waals surface area (Å²) in [5.41, 5.74) is 0.547. The monoisotopic (exact) mass is 273 g/mol. The highest BCUT2D eigenvalue weighted by molar-refractivity contribution is 9.08. The van der Waals surface area contributed by atoms with Crippen LogP contribution in [0.2, 0.25) is 0 Å². The Balaban J connectivity index is 3.54. The summed E-state index contributed by atoms with van der Waals surface area (Å²) in [5.74, 6) is -1.15. The van der Waals surface area contributed by atoms with E-state index in [1.165, 1.54) is 12.1 Å². The number of halogens is 1. The maximum Gasteiger partial charge on any atom is 0.336 e. The normalized spacial score (nSPS) is 10.0. The van der Waals surface area contributed by atoms with Gasteiger partial charge in [0.1, 0.15) is 0 Å². The molecule has 6 heteroatoms. The number of carbonyl (C=O) groups is 1. The number of carboxylic acids is 1. The minimum atomic E-state index is -1.15. The van der Waals surface area contributed by atoms with Gasteiger partial charge >= 0.3 is 5.97 Å². The zero-order valence-corrected chi connectivity index (χ0v) is 9.44. The third kappa shape index (κ3) is 2.15. The van der Waals surface area contributed by atoms with Crippen molar-refractivity contribution in [1.29, 1.82) is 0 Å². The first kappa shape index (κ1) is 11.6. The average molecular weight is 274 g/mol. The lowest BCUT2D eigenvalue weighted by Crippen LogP contribution is -2.07. The summed E-state index contributed by atoms with van der Waals surface area (Å²) in [5, 5.41) is 19.7. The number of nitro benzene ring substituents is 1. The van der Waals surface area contributed by atoms with Gasteiger partial charge in [-0.05, 0) is 12.5 Å². The van der Waals surface area contributed by atoms with Crippen molar-refractivity contribution in [3.05, 3.63) is 38.9 Å². The predicted molar refractivity (Wildman–Crippen MR) is 57.4 cm³/mol. The molecule has 1 rings (SSSR count). The number of nitro groups is 1. The molecule has 0 aliphatic carbocycles. The Bertz CT molecular complexity index is 430. The largest absolute Gasteiger partial charge is 0.478 e. The standard InChI is InChI=1S/C9H8BrNO4/c1-5-2-3-7(11(14)15)6(4-10)8(5)9(12)13/h2-3H,4H2,1H3,(H,12,13). The lowest BCUT2D eigenvalue weighted by molar-refractivity contribution is -0.385. The van der Waals surface area contributed by atoms with Crippen LogP contribution in [-0.2, 0) is 5.33 Å². The molecule has 0 spiro atoms. The molecule has 5 nitrogen and oxygen atoms in total. The summed E-state index contributed by atoms with van der Waals surface area (Å²) in [4.78, 5) is 21.0. The molecule has 1 aromatic carbocycles. The van der Waals surface area contributed by atoms with Crippen molar-refractivity contribution in [2.24, 2.45) is 0 Å². The molecule has 0 heterocycles. The Hall–Kier alpha value is -1.43. The summed E-state index contributed by atoms with van der Waals surface area (Å²) < 4.78 is 0. The van der Waals surface area contributed by atoms with E-state index in [0.29, 0.717) is 5.56 Å². The molecule has 15 heavy (non-hydrogen) atoms. The number of carboxylic acid groups (broad SMARTS) is 1. The minimum absolute atomic E-state index is 0.000995. The van der Waals surface area contributed by atoms with Gasteiger partial charge in [0, 0.05) is 11.4 Å². The molecular formula is C9H8BrNO4. The smallest absolute Gasteiger partial charge is 0.336 e. The van der Waals surface area contributed by atoms with Crippen LogP contribution in [0.15, 0.2) is 12.1 Å². The van der Waals surface area contributed by atoms with E-state index >= 15 is 0 Å². The van der Waals surface area contributed by atoms with Gasteiger partial charge in [-0.15, -0.1) is 0 Å². The Morgan fingerprint density at radius 1 is 1.60 bits per heavy atom. The minimum Gasteiger partial charge on any atom is -0.478 e. The number of benzene rings is 1. The van der Waals surface area contributed by atoms with E-state index in [1.807, 2.05) is 0 Å².